The first-order valence-electron chi connectivity index (χ1n) is 6.20. The van der Waals surface area contributed by atoms with Gasteiger partial charge in [-0.2, -0.15) is 0 Å². The third kappa shape index (κ3) is 4.14. The van der Waals surface area contributed by atoms with Crippen LogP contribution in [0.1, 0.15) is 25.7 Å². The SMILES string of the molecule is COCOCO[SiH2]CCC1CCC2OC2C1. The van der Waals surface area contributed by atoms with E-state index in [0.29, 0.717) is 25.8 Å². The van der Waals surface area contributed by atoms with Gasteiger partial charge in [-0.1, -0.05) is 6.42 Å². The van der Waals surface area contributed by atoms with Gasteiger partial charge in [-0.3, -0.25) is 0 Å². The van der Waals surface area contributed by atoms with Crippen LogP contribution in [0.3, 0.4) is 0 Å². The highest BCUT2D eigenvalue weighted by Gasteiger charge is 2.43. The maximum absolute atomic E-state index is 5.53. The molecule has 0 N–H and O–H groups in total. The zero-order chi connectivity index (χ0) is 11.2. The van der Waals surface area contributed by atoms with E-state index in [2.05, 4.69) is 0 Å². The number of methoxy groups -OCH3 is 1. The second-order valence-electron chi connectivity index (χ2n) is 4.67. The van der Waals surface area contributed by atoms with Crippen molar-refractivity contribution in [2.75, 3.05) is 20.7 Å². The van der Waals surface area contributed by atoms with Crippen LogP contribution >= 0.6 is 0 Å². The van der Waals surface area contributed by atoms with Gasteiger partial charge in [0, 0.05) is 7.11 Å². The highest BCUT2D eigenvalue weighted by molar-refractivity contribution is 6.26. The summed E-state index contributed by atoms with van der Waals surface area (Å²) in [5.74, 6) is 0.889. The molecule has 1 heterocycles. The van der Waals surface area contributed by atoms with E-state index in [-0.39, 0.29) is 9.76 Å². The maximum Gasteiger partial charge on any atom is 0.164 e. The van der Waals surface area contributed by atoms with Gasteiger partial charge >= 0.3 is 0 Å². The number of hydrogen-bond acceptors (Lipinski definition) is 4. The van der Waals surface area contributed by atoms with E-state index in [1.807, 2.05) is 0 Å². The Morgan fingerprint density at radius 1 is 1.25 bits per heavy atom. The fraction of sp³-hybridized carbons (Fsp3) is 1.00. The number of fused-ring (bicyclic) bond motifs is 1. The Morgan fingerprint density at radius 3 is 3.00 bits per heavy atom. The Morgan fingerprint density at radius 2 is 2.19 bits per heavy atom. The average Bonchev–Trinajstić information content (AvgIpc) is 3.06. The average molecular weight is 246 g/mol. The highest BCUT2D eigenvalue weighted by Crippen LogP contribution is 2.40. The second-order valence-corrected chi connectivity index (χ2v) is 6.19. The molecular weight excluding hydrogens is 224 g/mol. The van der Waals surface area contributed by atoms with Crippen LogP contribution in [0.25, 0.3) is 0 Å². The van der Waals surface area contributed by atoms with Crippen LogP contribution in [-0.4, -0.2) is 42.7 Å². The zero-order valence-electron chi connectivity index (χ0n) is 10.0. The van der Waals surface area contributed by atoms with Crippen molar-refractivity contribution in [3.05, 3.63) is 0 Å². The summed E-state index contributed by atoms with van der Waals surface area (Å²) in [5.41, 5.74) is 0. The minimum Gasteiger partial charge on any atom is -0.402 e. The molecule has 1 saturated heterocycles. The third-order valence-corrected chi connectivity index (χ3v) is 4.53. The molecule has 4 nitrogen and oxygen atoms in total. The molecule has 0 aromatic heterocycles. The lowest BCUT2D eigenvalue weighted by atomic mass is 9.88. The Labute approximate surface area is 99.5 Å². The summed E-state index contributed by atoms with van der Waals surface area (Å²) < 4.78 is 20.8. The van der Waals surface area contributed by atoms with Gasteiger partial charge in [0.25, 0.3) is 0 Å². The van der Waals surface area contributed by atoms with Crippen LogP contribution in [0.5, 0.6) is 0 Å². The van der Waals surface area contributed by atoms with Crippen molar-refractivity contribution in [2.24, 2.45) is 5.92 Å². The van der Waals surface area contributed by atoms with Crippen LogP contribution in [0, 0.1) is 5.92 Å². The lowest BCUT2D eigenvalue weighted by molar-refractivity contribution is -0.0833. The van der Waals surface area contributed by atoms with Gasteiger partial charge in [0.05, 0.1) is 12.2 Å². The van der Waals surface area contributed by atoms with Crippen LogP contribution < -0.4 is 0 Å². The van der Waals surface area contributed by atoms with Gasteiger partial charge in [0.2, 0.25) is 0 Å². The van der Waals surface area contributed by atoms with Crippen molar-refractivity contribution < 1.29 is 18.6 Å². The molecule has 1 saturated carbocycles. The Hall–Kier alpha value is 0.0569. The van der Waals surface area contributed by atoms with E-state index in [4.69, 9.17) is 18.6 Å². The highest BCUT2D eigenvalue weighted by atomic mass is 28.2. The van der Waals surface area contributed by atoms with Gasteiger partial charge in [0.1, 0.15) is 13.6 Å². The zero-order valence-corrected chi connectivity index (χ0v) is 11.4. The van der Waals surface area contributed by atoms with Gasteiger partial charge in [-0.25, -0.2) is 0 Å². The molecule has 0 aromatic rings. The lowest BCUT2D eigenvalue weighted by Gasteiger charge is -2.18. The molecular formula is C11H22O4Si. The van der Waals surface area contributed by atoms with Crippen LogP contribution in [-0.2, 0) is 18.6 Å². The minimum absolute atomic E-state index is 0.331. The molecule has 5 heteroatoms. The fourth-order valence-electron chi connectivity index (χ4n) is 2.46. The molecule has 0 aromatic carbocycles. The first kappa shape index (κ1) is 12.5. The monoisotopic (exact) mass is 246 g/mol. The van der Waals surface area contributed by atoms with Crippen molar-refractivity contribution in [1.29, 1.82) is 0 Å². The molecule has 2 aliphatic rings. The van der Waals surface area contributed by atoms with E-state index in [0.717, 1.165) is 5.92 Å². The molecule has 1 aliphatic heterocycles. The molecule has 0 radical (unpaired) electrons. The predicted octanol–water partition coefficient (Wildman–Crippen LogP) is 1.04. The summed E-state index contributed by atoms with van der Waals surface area (Å²) in [4.78, 5) is 0. The van der Waals surface area contributed by atoms with Crippen LogP contribution in [0.15, 0.2) is 0 Å². The van der Waals surface area contributed by atoms with Gasteiger partial charge in [-0.15, -0.1) is 0 Å². The van der Waals surface area contributed by atoms with Crippen LogP contribution in [0.2, 0.25) is 6.04 Å². The number of rotatable bonds is 8. The van der Waals surface area contributed by atoms with Crippen molar-refractivity contribution >= 4 is 9.76 Å². The molecule has 3 unspecified atom stereocenters. The molecule has 0 spiro atoms. The van der Waals surface area contributed by atoms with Gasteiger partial charge < -0.3 is 18.6 Å². The quantitative estimate of drug-likeness (QED) is 0.278. The standard InChI is InChI=1S/C11H22O4Si/c1-12-7-13-8-14-16-5-4-9-2-3-10-11(6-9)15-10/h9-11H,2-8,16H2,1H3. The minimum atomic E-state index is -0.386. The van der Waals surface area contributed by atoms with E-state index in [9.17, 15) is 0 Å². The molecule has 94 valence electrons. The van der Waals surface area contributed by atoms with Gasteiger partial charge in [0.15, 0.2) is 9.76 Å². The summed E-state index contributed by atoms with van der Waals surface area (Å²) >= 11 is 0. The molecule has 0 bridgehead atoms. The van der Waals surface area contributed by atoms with E-state index in [1.54, 1.807) is 7.11 Å². The normalized spacial score (nSPS) is 33.2. The summed E-state index contributed by atoms with van der Waals surface area (Å²) in [5, 5.41) is 0. The summed E-state index contributed by atoms with van der Waals surface area (Å²) in [6.45, 7) is 0.732. The van der Waals surface area contributed by atoms with Crippen molar-refractivity contribution in [3.8, 4) is 0 Å². The van der Waals surface area contributed by atoms with Crippen molar-refractivity contribution in [2.45, 2.75) is 43.9 Å². The van der Waals surface area contributed by atoms with Crippen molar-refractivity contribution in [1.82, 2.24) is 0 Å². The van der Waals surface area contributed by atoms with E-state index >= 15 is 0 Å². The second kappa shape index (κ2) is 6.71. The van der Waals surface area contributed by atoms with Crippen molar-refractivity contribution in [3.63, 3.8) is 0 Å². The maximum atomic E-state index is 5.53. The molecule has 3 atom stereocenters. The predicted molar refractivity (Wildman–Crippen MR) is 62.9 cm³/mol. The Balaban J connectivity index is 1.39. The number of epoxide rings is 1. The molecule has 16 heavy (non-hydrogen) atoms. The topological polar surface area (TPSA) is 40.2 Å². The largest absolute Gasteiger partial charge is 0.402 e. The lowest BCUT2D eigenvalue weighted by Crippen LogP contribution is -2.14. The third-order valence-electron chi connectivity index (χ3n) is 3.38. The Kier molecular flexibility index (Phi) is 5.25. The van der Waals surface area contributed by atoms with E-state index < -0.39 is 0 Å². The fourth-order valence-corrected chi connectivity index (χ4v) is 3.64. The summed E-state index contributed by atoms with van der Waals surface area (Å²) in [6.07, 6.45) is 6.51. The molecule has 0 amide bonds. The summed E-state index contributed by atoms with van der Waals surface area (Å²) in [6, 6.07) is 1.26. The first-order chi connectivity index (χ1) is 7.90. The smallest absolute Gasteiger partial charge is 0.164 e. The summed E-state index contributed by atoms with van der Waals surface area (Å²) in [7, 11) is 1.23. The number of ether oxygens (including phenoxy) is 3. The van der Waals surface area contributed by atoms with Crippen LogP contribution in [0.4, 0.5) is 0 Å². The number of hydrogen-bond donors (Lipinski definition) is 0. The van der Waals surface area contributed by atoms with Gasteiger partial charge in [-0.05, 0) is 31.2 Å². The molecule has 2 rings (SSSR count). The molecule has 2 fully saturated rings. The van der Waals surface area contributed by atoms with E-state index in [1.165, 1.54) is 31.7 Å². The Bertz CT molecular complexity index is 202. The first-order valence-corrected chi connectivity index (χ1v) is 7.77. The molecule has 1 aliphatic carbocycles.